The van der Waals surface area contributed by atoms with Crippen LogP contribution in [0.15, 0.2) is 18.7 Å². The Hall–Kier alpha value is -0.790. The summed E-state index contributed by atoms with van der Waals surface area (Å²) in [6, 6.07) is 0. The molecule has 0 aliphatic carbocycles. The smallest absolute Gasteiger partial charge is 0.0945 e. The summed E-state index contributed by atoms with van der Waals surface area (Å²) in [4.78, 5) is 4.02. The first-order valence-electron chi connectivity index (χ1n) is 4.46. The van der Waals surface area contributed by atoms with E-state index in [1.54, 1.807) is 0 Å². The van der Waals surface area contributed by atoms with Gasteiger partial charge in [-0.05, 0) is 11.3 Å². The molecule has 0 aliphatic rings. The van der Waals surface area contributed by atoms with Gasteiger partial charge in [0.2, 0.25) is 0 Å². The summed E-state index contributed by atoms with van der Waals surface area (Å²) < 4.78 is 2.13. The molecule has 1 aromatic heterocycles. The lowest BCUT2D eigenvalue weighted by Crippen LogP contribution is -2.21. The molecule has 0 N–H and O–H groups in total. The van der Waals surface area contributed by atoms with Crippen LogP contribution in [-0.4, -0.2) is 9.55 Å². The number of nitrogens with zero attached hydrogens (tertiary/aromatic N) is 2. The van der Waals surface area contributed by atoms with Crippen LogP contribution in [0.2, 0.25) is 0 Å². The third-order valence-electron chi connectivity index (χ3n) is 2.52. The molecule has 1 unspecified atom stereocenters. The highest BCUT2D eigenvalue weighted by Gasteiger charge is 2.19. The Morgan fingerprint density at radius 3 is 2.50 bits per heavy atom. The van der Waals surface area contributed by atoms with Crippen molar-refractivity contribution in [3.05, 3.63) is 18.7 Å². The van der Waals surface area contributed by atoms with Crippen LogP contribution in [0, 0.1) is 11.3 Å². The highest BCUT2D eigenvalue weighted by molar-refractivity contribution is 4.78. The van der Waals surface area contributed by atoms with E-state index in [1.807, 2.05) is 18.7 Å². The summed E-state index contributed by atoms with van der Waals surface area (Å²) in [6.45, 7) is 10.2. The predicted octanol–water partition coefficient (Wildman–Crippen LogP) is 2.57. The molecule has 1 heterocycles. The molecule has 0 amide bonds. The van der Waals surface area contributed by atoms with E-state index in [9.17, 15) is 0 Å². The van der Waals surface area contributed by atoms with Gasteiger partial charge in [0.15, 0.2) is 0 Å². The van der Waals surface area contributed by atoms with Crippen molar-refractivity contribution in [1.29, 1.82) is 0 Å². The second kappa shape index (κ2) is 3.30. The molecular formula is C10H18N2. The molecule has 0 saturated heterocycles. The number of hydrogen-bond acceptors (Lipinski definition) is 1. The van der Waals surface area contributed by atoms with Crippen molar-refractivity contribution >= 4 is 0 Å². The Balaban J connectivity index is 2.53. The third kappa shape index (κ3) is 2.36. The molecule has 0 radical (unpaired) electrons. The summed E-state index contributed by atoms with van der Waals surface area (Å²) in [5.74, 6) is 0.673. The van der Waals surface area contributed by atoms with E-state index in [2.05, 4.69) is 37.2 Å². The van der Waals surface area contributed by atoms with E-state index < -0.39 is 0 Å². The minimum Gasteiger partial charge on any atom is -0.337 e. The van der Waals surface area contributed by atoms with Crippen LogP contribution in [0.1, 0.15) is 27.7 Å². The summed E-state index contributed by atoms with van der Waals surface area (Å²) in [7, 11) is 0. The van der Waals surface area contributed by atoms with Gasteiger partial charge in [0.1, 0.15) is 0 Å². The minimum atomic E-state index is 0.379. The Kier molecular flexibility index (Phi) is 2.55. The lowest BCUT2D eigenvalue weighted by molar-refractivity contribution is 0.233. The molecule has 0 saturated carbocycles. The molecule has 1 aromatic rings. The van der Waals surface area contributed by atoms with Crippen LogP contribution in [0.5, 0.6) is 0 Å². The Labute approximate surface area is 74.6 Å². The average Bonchev–Trinajstić information content (AvgIpc) is 2.37. The molecule has 2 nitrogen and oxygen atoms in total. The average molecular weight is 166 g/mol. The lowest BCUT2D eigenvalue weighted by atomic mass is 9.82. The van der Waals surface area contributed by atoms with Gasteiger partial charge in [-0.1, -0.05) is 27.7 Å². The van der Waals surface area contributed by atoms with E-state index in [0.29, 0.717) is 11.3 Å². The Morgan fingerprint density at radius 2 is 2.08 bits per heavy atom. The van der Waals surface area contributed by atoms with Gasteiger partial charge >= 0.3 is 0 Å². The van der Waals surface area contributed by atoms with Crippen molar-refractivity contribution in [2.75, 3.05) is 0 Å². The minimum absolute atomic E-state index is 0.379. The number of aromatic nitrogens is 2. The second-order valence-corrected chi connectivity index (χ2v) is 4.53. The highest BCUT2D eigenvalue weighted by atomic mass is 15.0. The topological polar surface area (TPSA) is 17.8 Å². The van der Waals surface area contributed by atoms with Gasteiger partial charge in [-0.3, -0.25) is 0 Å². The van der Waals surface area contributed by atoms with Gasteiger partial charge in [-0.25, -0.2) is 4.98 Å². The third-order valence-corrected chi connectivity index (χ3v) is 2.52. The van der Waals surface area contributed by atoms with Gasteiger partial charge in [0.05, 0.1) is 6.33 Å². The first-order chi connectivity index (χ1) is 5.50. The molecule has 12 heavy (non-hydrogen) atoms. The lowest BCUT2D eigenvalue weighted by Gasteiger charge is -2.27. The first kappa shape index (κ1) is 9.30. The van der Waals surface area contributed by atoms with Crippen molar-refractivity contribution in [1.82, 2.24) is 9.55 Å². The predicted molar refractivity (Wildman–Crippen MR) is 50.8 cm³/mol. The van der Waals surface area contributed by atoms with Crippen LogP contribution in [0.25, 0.3) is 0 Å². The molecule has 68 valence electrons. The molecule has 1 atom stereocenters. The maximum atomic E-state index is 4.02. The van der Waals surface area contributed by atoms with E-state index in [1.165, 1.54) is 0 Å². The van der Waals surface area contributed by atoms with Gasteiger partial charge in [0, 0.05) is 18.9 Å². The van der Waals surface area contributed by atoms with E-state index >= 15 is 0 Å². The normalized spacial score (nSPS) is 14.7. The fourth-order valence-electron chi connectivity index (χ4n) is 0.985. The Bertz CT molecular complexity index is 218. The summed E-state index contributed by atoms with van der Waals surface area (Å²) >= 11 is 0. The quantitative estimate of drug-likeness (QED) is 0.660. The molecule has 0 bridgehead atoms. The van der Waals surface area contributed by atoms with Crippen molar-refractivity contribution in [3.8, 4) is 0 Å². The molecule has 2 heteroatoms. The van der Waals surface area contributed by atoms with E-state index in [-0.39, 0.29) is 0 Å². The first-order valence-corrected chi connectivity index (χ1v) is 4.46. The maximum Gasteiger partial charge on any atom is 0.0945 e. The van der Waals surface area contributed by atoms with Crippen molar-refractivity contribution in [2.45, 2.75) is 34.2 Å². The van der Waals surface area contributed by atoms with Crippen molar-refractivity contribution < 1.29 is 0 Å². The van der Waals surface area contributed by atoms with Crippen molar-refractivity contribution in [3.63, 3.8) is 0 Å². The summed E-state index contributed by atoms with van der Waals surface area (Å²) in [5, 5.41) is 0. The van der Waals surface area contributed by atoms with Gasteiger partial charge in [0.25, 0.3) is 0 Å². The monoisotopic (exact) mass is 166 g/mol. The van der Waals surface area contributed by atoms with Crippen LogP contribution in [-0.2, 0) is 6.54 Å². The van der Waals surface area contributed by atoms with Gasteiger partial charge < -0.3 is 4.57 Å². The SMILES string of the molecule is CC(Cn1ccnc1)C(C)(C)C. The largest absolute Gasteiger partial charge is 0.337 e. The molecule has 0 aromatic carbocycles. The van der Waals surface area contributed by atoms with Crippen molar-refractivity contribution in [2.24, 2.45) is 11.3 Å². The Morgan fingerprint density at radius 1 is 1.42 bits per heavy atom. The zero-order chi connectivity index (χ0) is 9.19. The van der Waals surface area contributed by atoms with Crippen LogP contribution >= 0.6 is 0 Å². The van der Waals surface area contributed by atoms with Gasteiger partial charge in [-0.2, -0.15) is 0 Å². The molecule has 0 fully saturated rings. The maximum absolute atomic E-state index is 4.02. The van der Waals surface area contributed by atoms with Crippen LogP contribution in [0.4, 0.5) is 0 Å². The summed E-state index contributed by atoms with van der Waals surface area (Å²) in [6.07, 6.45) is 5.72. The molecular weight excluding hydrogens is 148 g/mol. The summed E-state index contributed by atoms with van der Waals surface area (Å²) in [5.41, 5.74) is 0.379. The zero-order valence-electron chi connectivity index (χ0n) is 8.41. The van der Waals surface area contributed by atoms with Crippen LogP contribution in [0.3, 0.4) is 0 Å². The fourth-order valence-corrected chi connectivity index (χ4v) is 0.985. The van der Waals surface area contributed by atoms with E-state index in [4.69, 9.17) is 0 Å². The zero-order valence-corrected chi connectivity index (χ0v) is 8.41. The van der Waals surface area contributed by atoms with Crippen LogP contribution < -0.4 is 0 Å². The number of hydrogen-bond donors (Lipinski definition) is 0. The standard InChI is InChI=1S/C10H18N2/c1-9(10(2,3)4)7-12-6-5-11-8-12/h5-6,8-9H,7H2,1-4H3. The molecule has 1 rings (SSSR count). The highest BCUT2D eigenvalue weighted by Crippen LogP contribution is 2.26. The molecule has 0 spiro atoms. The second-order valence-electron chi connectivity index (χ2n) is 4.53. The number of rotatable bonds is 2. The number of imidazole rings is 1. The van der Waals surface area contributed by atoms with E-state index in [0.717, 1.165) is 6.54 Å². The van der Waals surface area contributed by atoms with Gasteiger partial charge in [-0.15, -0.1) is 0 Å². The molecule has 0 aliphatic heterocycles. The fraction of sp³-hybridized carbons (Fsp3) is 0.700.